The molecule has 1 saturated heterocycles. The molecule has 0 aromatic heterocycles. The molecule has 0 saturated carbocycles. The first-order chi connectivity index (χ1) is 15.1. The van der Waals surface area contributed by atoms with E-state index in [1.165, 1.54) is 0 Å². The molecule has 1 aliphatic rings. The Kier molecular flexibility index (Phi) is 6.32. The molecule has 0 spiro atoms. The maximum atomic E-state index is 13.1. The smallest absolute Gasteiger partial charge is 0.243 e. The van der Waals surface area contributed by atoms with Crippen molar-refractivity contribution in [2.75, 3.05) is 28.2 Å². The molecule has 3 aromatic rings. The highest BCUT2D eigenvalue weighted by molar-refractivity contribution is 6.03. The quantitative estimate of drug-likeness (QED) is 0.607. The van der Waals surface area contributed by atoms with E-state index in [-0.39, 0.29) is 18.4 Å². The van der Waals surface area contributed by atoms with Crippen LogP contribution in [-0.4, -0.2) is 24.9 Å². The number of aryl methyl sites for hydroxylation is 1. The third-order valence-electron chi connectivity index (χ3n) is 5.46. The van der Waals surface area contributed by atoms with Gasteiger partial charge in [-0.1, -0.05) is 54.6 Å². The zero-order valence-electron chi connectivity index (χ0n) is 17.8. The van der Waals surface area contributed by atoms with Crippen LogP contribution in [0.25, 0.3) is 0 Å². The minimum absolute atomic E-state index is 0.104. The predicted octanol–water partition coefficient (Wildman–Crippen LogP) is 4.77. The van der Waals surface area contributed by atoms with Crippen molar-refractivity contribution in [3.8, 4) is 0 Å². The highest BCUT2D eigenvalue weighted by Crippen LogP contribution is 2.29. The van der Waals surface area contributed by atoms with E-state index >= 15 is 0 Å². The zero-order chi connectivity index (χ0) is 21.6. The van der Waals surface area contributed by atoms with Gasteiger partial charge in [-0.15, -0.1) is 0 Å². The van der Waals surface area contributed by atoms with E-state index in [1.54, 1.807) is 4.90 Å². The van der Waals surface area contributed by atoms with Crippen LogP contribution in [0.3, 0.4) is 0 Å². The summed E-state index contributed by atoms with van der Waals surface area (Å²) in [5.74, 6) is -0.0105. The Labute approximate surface area is 183 Å². The molecule has 4 rings (SSSR count). The first-order valence-corrected chi connectivity index (χ1v) is 10.6. The van der Waals surface area contributed by atoms with Gasteiger partial charge in [0.2, 0.25) is 11.8 Å². The summed E-state index contributed by atoms with van der Waals surface area (Å²) in [5, 5.41) is 3.03. The average molecular weight is 414 g/mol. The summed E-state index contributed by atoms with van der Waals surface area (Å²) in [6, 6.07) is 25.8. The van der Waals surface area contributed by atoms with Gasteiger partial charge in [-0.05, 0) is 48.7 Å². The standard InChI is InChI=1S/C26H27N3O2/c1-20-9-7-12-22(17-20)28(18-21-10-3-2-4-11-21)19-25(30)27-23-13-5-6-14-24(23)29-16-8-15-26(29)31/h2-7,9-14,17H,8,15-16,18-19H2,1H3,(H,27,30). The molecule has 0 atom stereocenters. The van der Waals surface area contributed by atoms with Crippen LogP contribution < -0.4 is 15.1 Å². The Morgan fingerprint density at radius 3 is 2.52 bits per heavy atom. The molecule has 0 bridgehead atoms. The molecule has 0 aliphatic carbocycles. The second-order valence-electron chi connectivity index (χ2n) is 7.89. The second kappa shape index (κ2) is 9.47. The van der Waals surface area contributed by atoms with E-state index in [1.807, 2.05) is 67.6 Å². The first-order valence-electron chi connectivity index (χ1n) is 10.6. The van der Waals surface area contributed by atoms with E-state index in [9.17, 15) is 9.59 Å². The van der Waals surface area contributed by atoms with Gasteiger partial charge in [-0.25, -0.2) is 0 Å². The zero-order valence-corrected chi connectivity index (χ0v) is 17.8. The van der Waals surface area contributed by atoms with Crippen LogP contribution in [0.5, 0.6) is 0 Å². The van der Waals surface area contributed by atoms with Crippen LogP contribution in [0.1, 0.15) is 24.0 Å². The maximum absolute atomic E-state index is 13.1. The molecular weight excluding hydrogens is 386 g/mol. The highest BCUT2D eigenvalue weighted by Gasteiger charge is 2.24. The Morgan fingerprint density at radius 1 is 1.00 bits per heavy atom. The number of nitrogens with one attached hydrogen (secondary N) is 1. The summed E-state index contributed by atoms with van der Waals surface area (Å²) >= 11 is 0. The number of para-hydroxylation sites is 2. The van der Waals surface area contributed by atoms with Crippen molar-refractivity contribution < 1.29 is 9.59 Å². The van der Waals surface area contributed by atoms with Crippen molar-refractivity contribution >= 4 is 28.9 Å². The van der Waals surface area contributed by atoms with E-state index in [0.717, 1.165) is 28.9 Å². The van der Waals surface area contributed by atoms with Crippen molar-refractivity contribution in [2.45, 2.75) is 26.3 Å². The molecule has 5 nitrogen and oxygen atoms in total. The van der Waals surface area contributed by atoms with Crippen LogP contribution in [0.15, 0.2) is 78.9 Å². The number of carbonyl (C=O) groups excluding carboxylic acids is 2. The van der Waals surface area contributed by atoms with Gasteiger partial charge in [0.15, 0.2) is 0 Å². The SMILES string of the molecule is Cc1cccc(N(CC(=O)Nc2ccccc2N2CCCC2=O)Cc2ccccc2)c1. The van der Waals surface area contributed by atoms with Gasteiger partial charge in [0.1, 0.15) is 0 Å². The summed E-state index contributed by atoms with van der Waals surface area (Å²) in [6.45, 7) is 3.58. The third-order valence-corrected chi connectivity index (χ3v) is 5.46. The molecule has 0 radical (unpaired) electrons. The number of anilines is 3. The molecule has 2 amide bonds. The summed E-state index contributed by atoms with van der Waals surface area (Å²) in [5.41, 5.74) is 4.73. The lowest BCUT2D eigenvalue weighted by molar-refractivity contribution is -0.117. The predicted molar refractivity (Wildman–Crippen MR) is 125 cm³/mol. The summed E-state index contributed by atoms with van der Waals surface area (Å²) in [7, 11) is 0. The number of hydrogen-bond acceptors (Lipinski definition) is 3. The second-order valence-corrected chi connectivity index (χ2v) is 7.89. The van der Waals surface area contributed by atoms with E-state index in [0.29, 0.717) is 25.2 Å². The largest absolute Gasteiger partial charge is 0.358 e. The van der Waals surface area contributed by atoms with Gasteiger partial charge in [0, 0.05) is 25.2 Å². The van der Waals surface area contributed by atoms with Crippen LogP contribution >= 0.6 is 0 Å². The fourth-order valence-corrected chi connectivity index (χ4v) is 3.95. The fraction of sp³-hybridized carbons (Fsp3) is 0.231. The lowest BCUT2D eigenvalue weighted by Gasteiger charge is -2.26. The number of benzene rings is 3. The van der Waals surface area contributed by atoms with Crippen LogP contribution in [-0.2, 0) is 16.1 Å². The topological polar surface area (TPSA) is 52.7 Å². The van der Waals surface area contributed by atoms with Crippen LogP contribution in [0, 0.1) is 6.92 Å². The summed E-state index contributed by atoms with van der Waals surface area (Å²) in [6.07, 6.45) is 1.40. The van der Waals surface area contributed by atoms with Gasteiger partial charge in [-0.3, -0.25) is 9.59 Å². The van der Waals surface area contributed by atoms with Gasteiger partial charge in [0.05, 0.1) is 17.9 Å². The number of nitrogens with zero attached hydrogens (tertiary/aromatic N) is 2. The Bertz CT molecular complexity index is 1070. The fourth-order valence-electron chi connectivity index (χ4n) is 3.95. The van der Waals surface area contributed by atoms with Crippen molar-refractivity contribution in [1.29, 1.82) is 0 Å². The Morgan fingerprint density at radius 2 is 1.77 bits per heavy atom. The molecule has 1 fully saturated rings. The summed E-state index contributed by atoms with van der Waals surface area (Å²) < 4.78 is 0. The summed E-state index contributed by atoms with van der Waals surface area (Å²) in [4.78, 5) is 29.1. The van der Waals surface area contributed by atoms with Gasteiger partial charge in [0.25, 0.3) is 0 Å². The monoisotopic (exact) mass is 413 g/mol. The van der Waals surface area contributed by atoms with Crippen LogP contribution in [0.4, 0.5) is 17.1 Å². The minimum Gasteiger partial charge on any atom is -0.358 e. The van der Waals surface area contributed by atoms with E-state index in [2.05, 4.69) is 28.4 Å². The molecule has 158 valence electrons. The Balaban J connectivity index is 1.54. The molecule has 3 aromatic carbocycles. The van der Waals surface area contributed by atoms with Gasteiger partial charge < -0.3 is 15.1 Å². The highest BCUT2D eigenvalue weighted by atomic mass is 16.2. The lowest BCUT2D eigenvalue weighted by Crippen LogP contribution is -2.33. The molecule has 1 aliphatic heterocycles. The number of carbonyl (C=O) groups is 2. The minimum atomic E-state index is -0.114. The molecule has 1 N–H and O–H groups in total. The third kappa shape index (κ3) is 5.12. The number of rotatable bonds is 7. The number of amides is 2. The van der Waals surface area contributed by atoms with Crippen LogP contribution in [0.2, 0.25) is 0 Å². The van der Waals surface area contributed by atoms with Gasteiger partial charge in [-0.2, -0.15) is 0 Å². The first kappa shape index (κ1) is 20.7. The molecule has 1 heterocycles. The van der Waals surface area contributed by atoms with Crippen molar-refractivity contribution in [1.82, 2.24) is 0 Å². The molecular formula is C26H27N3O2. The lowest BCUT2D eigenvalue weighted by atomic mass is 10.1. The van der Waals surface area contributed by atoms with E-state index in [4.69, 9.17) is 0 Å². The van der Waals surface area contributed by atoms with Gasteiger partial charge >= 0.3 is 0 Å². The number of hydrogen-bond donors (Lipinski definition) is 1. The maximum Gasteiger partial charge on any atom is 0.243 e. The molecule has 5 heteroatoms. The normalized spacial score (nSPS) is 13.3. The van der Waals surface area contributed by atoms with Crippen molar-refractivity contribution in [2.24, 2.45) is 0 Å². The average Bonchev–Trinajstić information content (AvgIpc) is 3.20. The van der Waals surface area contributed by atoms with E-state index < -0.39 is 0 Å². The molecule has 0 unspecified atom stereocenters. The molecule has 31 heavy (non-hydrogen) atoms. The Hall–Kier alpha value is -3.60. The van der Waals surface area contributed by atoms with Crippen molar-refractivity contribution in [3.05, 3.63) is 90.0 Å². The van der Waals surface area contributed by atoms with Crippen molar-refractivity contribution in [3.63, 3.8) is 0 Å².